The average molecular weight is 379 g/mol. The Morgan fingerprint density at radius 3 is 2.62 bits per heavy atom. The molecule has 1 amide bonds. The molecule has 1 aliphatic rings. The summed E-state index contributed by atoms with van der Waals surface area (Å²) in [6.45, 7) is 8.70. The third kappa shape index (κ3) is 3.40. The normalized spacial score (nSPS) is 19.9. The number of carbonyl (C=O) groups is 1. The van der Waals surface area contributed by atoms with Gasteiger partial charge in [-0.3, -0.25) is 14.2 Å². The SMILES string of the molecule is CCn1cc(C2CS(=O)(=O)CCN2C(=O)c2cnn(C(C)C)c2C)cn1. The maximum absolute atomic E-state index is 13.2. The summed E-state index contributed by atoms with van der Waals surface area (Å²) in [7, 11) is -3.20. The molecule has 0 N–H and O–H groups in total. The number of sulfone groups is 1. The van der Waals surface area contributed by atoms with E-state index in [2.05, 4.69) is 10.2 Å². The molecular formula is C17H25N5O3S. The van der Waals surface area contributed by atoms with Gasteiger partial charge in [-0.25, -0.2) is 8.42 Å². The van der Waals surface area contributed by atoms with E-state index in [0.717, 1.165) is 11.3 Å². The summed E-state index contributed by atoms with van der Waals surface area (Å²) in [6, 6.07) is -0.375. The summed E-state index contributed by atoms with van der Waals surface area (Å²) >= 11 is 0. The summed E-state index contributed by atoms with van der Waals surface area (Å²) in [5.74, 6) is -0.279. The third-order valence-electron chi connectivity index (χ3n) is 4.82. The molecule has 0 bridgehead atoms. The minimum atomic E-state index is -3.20. The summed E-state index contributed by atoms with van der Waals surface area (Å²) < 4.78 is 27.9. The van der Waals surface area contributed by atoms with Crippen LogP contribution in [0.25, 0.3) is 0 Å². The lowest BCUT2D eigenvalue weighted by Gasteiger charge is -2.35. The fourth-order valence-electron chi connectivity index (χ4n) is 3.36. The van der Waals surface area contributed by atoms with Crippen LogP contribution in [0.15, 0.2) is 18.6 Å². The fraction of sp³-hybridized carbons (Fsp3) is 0.588. The molecule has 3 heterocycles. The van der Waals surface area contributed by atoms with Gasteiger partial charge < -0.3 is 4.90 Å². The predicted molar refractivity (Wildman–Crippen MR) is 97.7 cm³/mol. The van der Waals surface area contributed by atoms with Crippen molar-refractivity contribution in [2.75, 3.05) is 18.1 Å². The monoisotopic (exact) mass is 379 g/mol. The minimum Gasteiger partial charge on any atom is -0.329 e. The van der Waals surface area contributed by atoms with E-state index < -0.39 is 15.9 Å². The molecule has 0 saturated carbocycles. The fourth-order valence-corrected chi connectivity index (χ4v) is 4.85. The van der Waals surface area contributed by atoms with E-state index in [-0.39, 0.29) is 30.0 Å². The Bertz CT molecular complexity index is 913. The van der Waals surface area contributed by atoms with Gasteiger partial charge in [-0.05, 0) is 27.7 Å². The van der Waals surface area contributed by atoms with Crippen molar-refractivity contribution in [3.63, 3.8) is 0 Å². The second-order valence-corrected chi connectivity index (χ2v) is 9.17. The summed E-state index contributed by atoms with van der Waals surface area (Å²) in [5.41, 5.74) is 2.06. The Hall–Kier alpha value is -2.16. The molecule has 0 aliphatic carbocycles. The number of carbonyl (C=O) groups excluding carboxylic acids is 1. The van der Waals surface area contributed by atoms with Crippen LogP contribution in [0.4, 0.5) is 0 Å². The number of hydrogen-bond acceptors (Lipinski definition) is 5. The Kier molecular flexibility index (Phi) is 4.92. The van der Waals surface area contributed by atoms with Gasteiger partial charge in [0.15, 0.2) is 9.84 Å². The van der Waals surface area contributed by atoms with Crippen molar-refractivity contribution in [1.29, 1.82) is 0 Å². The maximum Gasteiger partial charge on any atom is 0.257 e. The molecule has 0 aromatic carbocycles. The summed E-state index contributed by atoms with van der Waals surface area (Å²) in [5, 5.41) is 8.55. The van der Waals surface area contributed by atoms with Crippen LogP contribution in [-0.4, -0.2) is 56.8 Å². The molecule has 0 spiro atoms. The zero-order valence-electron chi connectivity index (χ0n) is 15.6. The minimum absolute atomic E-state index is 0.0193. The van der Waals surface area contributed by atoms with Crippen LogP contribution in [0, 0.1) is 6.92 Å². The zero-order chi connectivity index (χ0) is 19.1. The topological polar surface area (TPSA) is 90.1 Å². The number of aromatic nitrogens is 4. The molecule has 0 radical (unpaired) electrons. The highest BCUT2D eigenvalue weighted by Gasteiger charge is 2.37. The maximum atomic E-state index is 13.2. The molecule has 26 heavy (non-hydrogen) atoms. The molecule has 9 heteroatoms. The third-order valence-corrected chi connectivity index (χ3v) is 6.45. The van der Waals surface area contributed by atoms with Gasteiger partial charge in [0.1, 0.15) is 0 Å². The van der Waals surface area contributed by atoms with E-state index in [1.807, 2.05) is 33.9 Å². The molecule has 3 rings (SSSR count). The van der Waals surface area contributed by atoms with E-state index in [0.29, 0.717) is 12.1 Å². The van der Waals surface area contributed by atoms with Gasteiger partial charge in [0.2, 0.25) is 0 Å². The molecule has 1 aliphatic heterocycles. The number of aryl methyl sites for hydroxylation is 1. The Morgan fingerprint density at radius 1 is 1.31 bits per heavy atom. The first-order valence-corrected chi connectivity index (χ1v) is 10.6. The Labute approximate surface area is 153 Å². The lowest BCUT2D eigenvalue weighted by atomic mass is 10.1. The van der Waals surface area contributed by atoms with E-state index in [4.69, 9.17) is 0 Å². The van der Waals surface area contributed by atoms with Crippen molar-refractivity contribution in [2.45, 2.75) is 46.3 Å². The highest BCUT2D eigenvalue weighted by Crippen LogP contribution is 2.29. The van der Waals surface area contributed by atoms with Crippen molar-refractivity contribution in [2.24, 2.45) is 0 Å². The van der Waals surface area contributed by atoms with Gasteiger partial charge in [-0.2, -0.15) is 10.2 Å². The molecule has 2 aromatic heterocycles. The average Bonchev–Trinajstić information content (AvgIpc) is 3.20. The van der Waals surface area contributed by atoms with E-state index >= 15 is 0 Å². The van der Waals surface area contributed by atoms with E-state index in [9.17, 15) is 13.2 Å². The second-order valence-electron chi connectivity index (χ2n) is 6.94. The van der Waals surface area contributed by atoms with Crippen molar-refractivity contribution in [3.8, 4) is 0 Å². The van der Waals surface area contributed by atoms with Gasteiger partial charge in [0.05, 0.1) is 35.5 Å². The molecule has 1 saturated heterocycles. The molecule has 1 fully saturated rings. The highest BCUT2D eigenvalue weighted by atomic mass is 32.2. The number of nitrogens with zero attached hydrogens (tertiary/aromatic N) is 5. The van der Waals surface area contributed by atoms with E-state index in [1.54, 1.807) is 26.7 Å². The van der Waals surface area contributed by atoms with E-state index in [1.165, 1.54) is 0 Å². The smallest absolute Gasteiger partial charge is 0.257 e. The quantitative estimate of drug-likeness (QED) is 0.805. The van der Waals surface area contributed by atoms with Crippen LogP contribution in [0.5, 0.6) is 0 Å². The van der Waals surface area contributed by atoms with Crippen LogP contribution in [0.3, 0.4) is 0 Å². The van der Waals surface area contributed by atoms with Gasteiger partial charge >= 0.3 is 0 Å². The number of amides is 1. The van der Waals surface area contributed by atoms with Crippen LogP contribution in [0.2, 0.25) is 0 Å². The van der Waals surface area contributed by atoms with Gasteiger partial charge in [0.25, 0.3) is 5.91 Å². The first-order valence-electron chi connectivity index (χ1n) is 8.81. The zero-order valence-corrected chi connectivity index (χ0v) is 16.4. The molecular weight excluding hydrogens is 354 g/mol. The van der Waals surface area contributed by atoms with Crippen LogP contribution >= 0.6 is 0 Å². The number of hydrogen-bond donors (Lipinski definition) is 0. The lowest BCUT2D eigenvalue weighted by molar-refractivity contribution is 0.0696. The first kappa shape index (κ1) is 18.6. The van der Waals surface area contributed by atoms with Gasteiger partial charge in [-0.1, -0.05) is 0 Å². The van der Waals surface area contributed by atoms with Crippen LogP contribution in [-0.2, 0) is 16.4 Å². The van der Waals surface area contributed by atoms with Crippen molar-refractivity contribution >= 4 is 15.7 Å². The Morgan fingerprint density at radius 2 is 2.04 bits per heavy atom. The summed E-state index contributed by atoms with van der Waals surface area (Å²) in [4.78, 5) is 14.8. The Balaban J connectivity index is 1.96. The number of rotatable bonds is 4. The molecule has 1 unspecified atom stereocenters. The standard InChI is InChI=1S/C17H25N5O3S/c1-5-20-10-14(8-18-20)16-11-26(24,25)7-6-21(16)17(23)15-9-19-22(12(2)3)13(15)4/h8-10,12,16H,5-7,11H2,1-4H3. The largest absolute Gasteiger partial charge is 0.329 e. The summed E-state index contributed by atoms with van der Waals surface area (Å²) in [6.07, 6.45) is 5.04. The predicted octanol–water partition coefficient (Wildman–Crippen LogP) is 1.60. The molecule has 2 aromatic rings. The second kappa shape index (κ2) is 6.86. The lowest BCUT2D eigenvalue weighted by Crippen LogP contribution is -2.46. The van der Waals surface area contributed by atoms with Gasteiger partial charge in [-0.15, -0.1) is 0 Å². The van der Waals surface area contributed by atoms with Crippen LogP contribution < -0.4 is 0 Å². The molecule has 1 atom stereocenters. The van der Waals surface area contributed by atoms with Crippen molar-refractivity contribution < 1.29 is 13.2 Å². The van der Waals surface area contributed by atoms with Crippen LogP contribution in [0.1, 0.15) is 54.5 Å². The van der Waals surface area contributed by atoms with Gasteiger partial charge in [0, 0.05) is 36.6 Å². The van der Waals surface area contributed by atoms with Crippen molar-refractivity contribution in [1.82, 2.24) is 24.5 Å². The molecule has 8 nitrogen and oxygen atoms in total. The van der Waals surface area contributed by atoms with Crippen molar-refractivity contribution in [3.05, 3.63) is 35.4 Å². The first-order chi connectivity index (χ1) is 12.2. The molecule has 142 valence electrons. The highest BCUT2D eigenvalue weighted by molar-refractivity contribution is 7.91.